The number of hydrogen-bond acceptors (Lipinski definition) is 4. The van der Waals surface area contributed by atoms with Gasteiger partial charge in [0.1, 0.15) is 15.5 Å². The molecule has 1 aliphatic carbocycles. The second-order valence-corrected chi connectivity index (χ2v) is 10.8. The summed E-state index contributed by atoms with van der Waals surface area (Å²) >= 11 is 1.51. The summed E-state index contributed by atoms with van der Waals surface area (Å²) in [6, 6.07) is 6.99. The minimum absolute atomic E-state index is 0.274. The quantitative estimate of drug-likeness (QED) is 0.622. The van der Waals surface area contributed by atoms with Crippen molar-refractivity contribution < 1.29 is 13.7 Å². The first kappa shape index (κ1) is 21.9. The molecule has 0 aromatic heterocycles. The molecular weight excluding hydrogens is 402 g/mol. The molecule has 1 heterocycles. The number of allylic oxidation sites excluding steroid dienone is 2. The predicted molar refractivity (Wildman–Crippen MR) is 120 cm³/mol. The minimum Gasteiger partial charge on any atom is -0.497 e. The zero-order valence-electron chi connectivity index (χ0n) is 17.3. The fourth-order valence-corrected chi connectivity index (χ4v) is 5.66. The maximum atomic E-state index is 13.0. The van der Waals surface area contributed by atoms with E-state index in [0.29, 0.717) is 21.6 Å². The first-order valence-electron chi connectivity index (χ1n) is 10.1. The van der Waals surface area contributed by atoms with Crippen LogP contribution < -0.4 is 10.1 Å². The molecular formula is C23H29NO3S2. The number of thioether (sulfide) groups is 1. The van der Waals surface area contributed by atoms with Crippen molar-refractivity contribution in [3.63, 3.8) is 0 Å². The Balaban J connectivity index is 1.65. The van der Waals surface area contributed by atoms with Crippen molar-refractivity contribution in [1.82, 2.24) is 5.32 Å². The summed E-state index contributed by atoms with van der Waals surface area (Å²) < 4.78 is 17.1. The van der Waals surface area contributed by atoms with Crippen molar-refractivity contribution in [2.45, 2.75) is 62.0 Å². The van der Waals surface area contributed by atoms with Crippen LogP contribution in [-0.4, -0.2) is 22.0 Å². The number of benzene rings is 1. The third-order valence-corrected chi connectivity index (χ3v) is 8.23. The van der Waals surface area contributed by atoms with Crippen LogP contribution in [0.25, 0.3) is 0 Å². The van der Waals surface area contributed by atoms with Crippen LogP contribution in [0.1, 0.15) is 52.4 Å². The van der Waals surface area contributed by atoms with Crippen molar-refractivity contribution in [2.24, 2.45) is 5.92 Å². The van der Waals surface area contributed by atoms with Crippen LogP contribution in [0.4, 0.5) is 0 Å². The molecule has 29 heavy (non-hydrogen) atoms. The average molecular weight is 432 g/mol. The Hall–Kier alpha value is -1.75. The van der Waals surface area contributed by atoms with E-state index in [1.165, 1.54) is 49.4 Å². The molecule has 6 heteroatoms. The van der Waals surface area contributed by atoms with Crippen molar-refractivity contribution in [3.8, 4) is 5.75 Å². The number of amides is 1. The van der Waals surface area contributed by atoms with Crippen LogP contribution in [-0.2, 0) is 15.6 Å². The van der Waals surface area contributed by atoms with E-state index in [1.807, 2.05) is 6.08 Å². The molecule has 1 N–H and O–H groups in total. The molecule has 1 atom stereocenters. The van der Waals surface area contributed by atoms with E-state index in [4.69, 9.17) is 4.74 Å². The molecule has 3 rings (SSSR count). The molecule has 4 nitrogen and oxygen atoms in total. The molecule has 1 saturated carbocycles. The number of carbonyl (C=O) groups is 1. The van der Waals surface area contributed by atoms with Gasteiger partial charge in [0.2, 0.25) is 5.91 Å². The second-order valence-electron chi connectivity index (χ2n) is 7.94. The predicted octanol–water partition coefficient (Wildman–Crippen LogP) is 5.30. The van der Waals surface area contributed by atoms with Crippen LogP contribution in [0.3, 0.4) is 0 Å². The van der Waals surface area contributed by atoms with Crippen molar-refractivity contribution >= 4 is 28.5 Å². The Labute approximate surface area is 180 Å². The van der Waals surface area contributed by atoms with Crippen molar-refractivity contribution in [1.29, 1.82) is 0 Å². The van der Waals surface area contributed by atoms with E-state index < -0.39 is 15.5 Å². The van der Waals surface area contributed by atoms with Crippen LogP contribution in [0.2, 0.25) is 0 Å². The Morgan fingerprint density at radius 1 is 1.21 bits per heavy atom. The molecule has 1 fully saturated rings. The SMILES string of the molecule is COc1ccc(S(=O)C(C)(C)C(=O)NC2=C=CCC(C3CCCCC3)=CS2)cc1. The average Bonchev–Trinajstić information content (AvgIpc) is 2.99. The Bertz CT molecular complexity index is 859. The molecule has 156 valence electrons. The summed E-state index contributed by atoms with van der Waals surface area (Å²) in [5, 5.41) is 5.78. The van der Waals surface area contributed by atoms with Gasteiger partial charge in [-0.2, -0.15) is 0 Å². The zero-order chi connectivity index (χ0) is 20.9. The topological polar surface area (TPSA) is 55.4 Å². The summed E-state index contributed by atoms with van der Waals surface area (Å²) in [6.07, 6.45) is 9.36. The van der Waals surface area contributed by atoms with Gasteiger partial charge in [-0.05, 0) is 74.8 Å². The number of hydrogen-bond donors (Lipinski definition) is 1. The summed E-state index contributed by atoms with van der Waals surface area (Å²) in [5.74, 6) is 1.08. The molecule has 1 unspecified atom stereocenters. The van der Waals surface area contributed by atoms with Gasteiger partial charge in [-0.1, -0.05) is 42.3 Å². The molecule has 1 aromatic rings. The smallest absolute Gasteiger partial charge is 0.243 e. The molecule has 0 radical (unpaired) electrons. The van der Waals surface area contributed by atoms with Gasteiger partial charge in [0.15, 0.2) is 0 Å². The molecule has 0 spiro atoms. The summed E-state index contributed by atoms with van der Waals surface area (Å²) in [7, 11) is 0.0893. The standard InChI is InChI=1S/C23H29NO3S2/c1-23(2,29(26)20-14-12-19(27-3)13-15-20)22(25)24-21-11-7-10-18(16-28-21)17-8-5-4-6-9-17/h7,12-17H,4-6,8-10H2,1-3H3,(H,24,25). The fraction of sp³-hybridized carbons (Fsp3) is 0.478. The monoisotopic (exact) mass is 431 g/mol. The highest BCUT2D eigenvalue weighted by Crippen LogP contribution is 2.35. The third-order valence-electron chi connectivity index (χ3n) is 5.54. The van der Waals surface area contributed by atoms with Crippen LogP contribution in [0.5, 0.6) is 5.75 Å². The van der Waals surface area contributed by atoms with E-state index in [0.717, 1.165) is 6.42 Å². The number of rotatable bonds is 6. The van der Waals surface area contributed by atoms with Gasteiger partial charge >= 0.3 is 0 Å². The molecule has 0 bridgehead atoms. The van der Waals surface area contributed by atoms with Crippen LogP contribution in [0.15, 0.2) is 57.0 Å². The van der Waals surface area contributed by atoms with Gasteiger partial charge in [-0.15, -0.1) is 0 Å². The first-order chi connectivity index (χ1) is 13.9. The van der Waals surface area contributed by atoms with E-state index in [2.05, 4.69) is 16.5 Å². The number of methoxy groups -OCH3 is 1. The summed E-state index contributed by atoms with van der Waals surface area (Å²) in [4.78, 5) is 13.5. The largest absolute Gasteiger partial charge is 0.497 e. The van der Waals surface area contributed by atoms with Crippen molar-refractivity contribution in [3.05, 3.63) is 52.1 Å². The Morgan fingerprint density at radius 2 is 1.90 bits per heavy atom. The summed E-state index contributed by atoms with van der Waals surface area (Å²) in [6.45, 7) is 3.41. The first-order valence-corrected chi connectivity index (χ1v) is 12.1. The summed E-state index contributed by atoms with van der Waals surface area (Å²) in [5.41, 5.74) is 4.64. The third kappa shape index (κ3) is 5.44. The van der Waals surface area contributed by atoms with E-state index >= 15 is 0 Å². The Kier molecular flexibility index (Phi) is 7.44. The minimum atomic E-state index is -1.50. The molecule has 1 amide bonds. The highest BCUT2D eigenvalue weighted by molar-refractivity contribution is 8.05. The van der Waals surface area contributed by atoms with E-state index in [9.17, 15) is 9.00 Å². The maximum Gasteiger partial charge on any atom is 0.243 e. The zero-order valence-corrected chi connectivity index (χ0v) is 19.0. The van der Waals surface area contributed by atoms with Gasteiger partial charge < -0.3 is 10.1 Å². The van der Waals surface area contributed by atoms with E-state index in [1.54, 1.807) is 45.2 Å². The molecule has 2 aliphatic rings. The highest BCUT2D eigenvalue weighted by Gasteiger charge is 2.36. The lowest BCUT2D eigenvalue weighted by Gasteiger charge is -2.24. The molecule has 1 aromatic carbocycles. The van der Waals surface area contributed by atoms with Crippen molar-refractivity contribution in [2.75, 3.05) is 7.11 Å². The van der Waals surface area contributed by atoms with Crippen LogP contribution >= 0.6 is 11.8 Å². The number of ether oxygens (including phenoxy) is 1. The number of carbonyl (C=O) groups excluding carboxylic acids is 1. The van der Waals surface area contributed by atoms with E-state index in [-0.39, 0.29) is 5.91 Å². The van der Waals surface area contributed by atoms with Gasteiger partial charge in [0, 0.05) is 4.90 Å². The number of nitrogens with one attached hydrogen (secondary N) is 1. The normalized spacial score (nSPS) is 19.0. The lowest BCUT2D eigenvalue weighted by atomic mass is 9.83. The van der Waals surface area contributed by atoms with Gasteiger partial charge in [0.05, 0.1) is 17.9 Å². The van der Waals surface area contributed by atoms with Gasteiger partial charge in [0.25, 0.3) is 0 Å². The highest BCUT2D eigenvalue weighted by atomic mass is 32.2. The molecule has 0 saturated heterocycles. The lowest BCUT2D eigenvalue weighted by molar-refractivity contribution is -0.121. The van der Waals surface area contributed by atoms with Gasteiger partial charge in [-0.25, -0.2) is 0 Å². The second kappa shape index (κ2) is 9.84. The van der Waals surface area contributed by atoms with Crippen LogP contribution in [0, 0.1) is 5.92 Å². The fourth-order valence-electron chi connectivity index (χ4n) is 3.61. The van der Waals surface area contributed by atoms with Gasteiger partial charge in [-0.3, -0.25) is 9.00 Å². The maximum absolute atomic E-state index is 13.0. The molecule has 1 aliphatic heterocycles. The Morgan fingerprint density at radius 3 is 2.55 bits per heavy atom. The lowest BCUT2D eigenvalue weighted by Crippen LogP contribution is -2.44.